The van der Waals surface area contributed by atoms with Crippen molar-refractivity contribution >= 4 is 5.69 Å². The zero-order chi connectivity index (χ0) is 28.2. The zero-order valence-corrected chi connectivity index (χ0v) is 21.8. The first-order chi connectivity index (χ1) is 19.4. The third-order valence-corrected chi connectivity index (χ3v) is 6.46. The average Bonchev–Trinajstić information content (AvgIpc) is 3.47. The fraction of sp³-hybridized carbons (Fsp3) is 0.138. The molecule has 202 valence electrons. The lowest BCUT2D eigenvalue weighted by Gasteiger charge is -2.16. The number of nitrogens with zero attached hydrogens (tertiary/aromatic N) is 5. The van der Waals surface area contributed by atoms with Crippen molar-refractivity contribution in [2.45, 2.75) is 13.1 Å². The van der Waals surface area contributed by atoms with Gasteiger partial charge in [0.1, 0.15) is 17.2 Å². The van der Waals surface area contributed by atoms with Crippen molar-refractivity contribution in [3.63, 3.8) is 0 Å². The highest BCUT2D eigenvalue weighted by Gasteiger charge is 2.30. The molecule has 11 heteroatoms. The van der Waals surface area contributed by atoms with Crippen molar-refractivity contribution in [2.75, 3.05) is 14.2 Å². The van der Waals surface area contributed by atoms with Crippen LogP contribution in [0.25, 0.3) is 16.9 Å². The second-order valence-electron chi connectivity index (χ2n) is 8.92. The molecule has 0 saturated carbocycles. The largest absolute Gasteiger partial charge is 0.497 e. The van der Waals surface area contributed by atoms with E-state index in [1.165, 1.54) is 22.6 Å². The number of rotatable bonds is 9. The molecule has 0 aliphatic heterocycles. The van der Waals surface area contributed by atoms with E-state index in [1.54, 1.807) is 61.8 Å². The number of para-hydroxylation sites is 1. The first-order valence-electron chi connectivity index (χ1n) is 12.3. The van der Waals surface area contributed by atoms with Crippen molar-refractivity contribution in [1.82, 2.24) is 18.9 Å². The number of hydrogen-bond acceptors (Lipinski definition) is 7. The third kappa shape index (κ3) is 5.12. The smallest absolute Gasteiger partial charge is 0.358 e. The highest BCUT2D eigenvalue weighted by atomic mass is 16.6. The number of nitro groups is 1. The van der Waals surface area contributed by atoms with Crippen LogP contribution in [0.2, 0.25) is 0 Å². The van der Waals surface area contributed by atoms with Crippen molar-refractivity contribution in [1.29, 1.82) is 0 Å². The van der Waals surface area contributed by atoms with Crippen molar-refractivity contribution < 1.29 is 14.4 Å². The molecule has 0 radical (unpaired) electrons. The molecular weight excluding hydrogens is 514 g/mol. The SMILES string of the molecule is COc1ccc(Cn2c(-c3cnn(-c4ccccc4)c3)c([N+](=O)[O-])c(=O)n(Cc3ccc(OC)cc3)c2=O)cc1. The first-order valence-corrected chi connectivity index (χ1v) is 12.3. The van der Waals surface area contributed by atoms with Gasteiger partial charge < -0.3 is 9.47 Å². The molecule has 2 aromatic heterocycles. The van der Waals surface area contributed by atoms with Crippen LogP contribution in [-0.4, -0.2) is 38.1 Å². The molecule has 5 aromatic rings. The van der Waals surface area contributed by atoms with Crippen LogP contribution in [0.5, 0.6) is 11.5 Å². The average molecular weight is 540 g/mol. The second-order valence-corrected chi connectivity index (χ2v) is 8.92. The molecule has 0 saturated heterocycles. The van der Waals surface area contributed by atoms with Crippen LogP contribution in [0.15, 0.2) is 101 Å². The van der Waals surface area contributed by atoms with Gasteiger partial charge in [-0.3, -0.25) is 19.5 Å². The minimum Gasteiger partial charge on any atom is -0.497 e. The molecule has 0 amide bonds. The molecule has 11 nitrogen and oxygen atoms in total. The summed E-state index contributed by atoms with van der Waals surface area (Å²) in [4.78, 5) is 39.1. The normalized spacial score (nSPS) is 10.8. The van der Waals surface area contributed by atoms with E-state index in [1.807, 2.05) is 30.3 Å². The zero-order valence-electron chi connectivity index (χ0n) is 21.8. The van der Waals surface area contributed by atoms with Gasteiger partial charge in [-0.1, -0.05) is 42.5 Å². The highest BCUT2D eigenvalue weighted by molar-refractivity contribution is 5.68. The van der Waals surface area contributed by atoms with E-state index >= 15 is 0 Å². The van der Waals surface area contributed by atoms with E-state index in [9.17, 15) is 19.7 Å². The van der Waals surface area contributed by atoms with Gasteiger partial charge in [0.25, 0.3) is 0 Å². The van der Waals surface area contributed by atoms with Crippen LogP contribution >= 0.6 is 0 Å². The van der Waals surface area contributed by atoms with Crippen molar-refractivity contribution in [3.8, 4) is 28.4 Å². The van der Waals surface area contributed by atoms with Crippen molar-refractivity contribution in [3.05, 3.63) is 133 Å². The molecule has 0 aliphatic carbocycles. The first kappa shape index (κ1) is 26.2. The summed E-state index contributed by atoms with van der Waals surface area (Å²) in [5.41, 5.74) is -0.260. The maximum Gasteiger partial charge on any atom is 0.358 e. The number of methoxy groups -OCH3 is 2. The molecule has 40 heavy (non-hydrogen) atoms. The van der Waals surface area contributed by atoms with Crippen LogP contribution in [0.1, 0.15) is 11.1 Å². The standard InChI is InChI=1S/C29H25N5O6/c1-39-24-12-8-20(9-13-24)17-31-26(22-16-30-33(19-22)23-6-4-3-5-7-23)27(34(37)38)28(35)32(29(31)36)18-21-10-14-25(40-2)15-11-21/h3-16,19H,17-18H2,1-2H3. The second kappa shape index (κ2) is 11.1. The summed E-state index contributed by atoms with van der Waals surface area (Å²) in [5, 5.41) is 16.7. The fourth-order valence-electron chi connectivity index (χ4n) is 4.42. The van der Waals surface area contributed by atoms with E-state index in [-0.39, 0.29) is 24.3 Å². The number of ether oxygens (including phenoxy) is 2. The van der Waals surface area contributed by atoms with Gasteiger partial charge in [-0.25, -0.2) is 14.0 Å². The molecular formula is C29H25N5O6. The Balaban J connectivity index is 1.72. The molecule has 2 heterocycles. The topological polar surface area (TPSA) is 123 Å². The van der Waals surface area contributed by atoms with E-state index in [0.717, 1.165) is 4.57 Å². The molecule has 0 fully saturated rings. The third-order valence-electron chi connectivity index (χ3n) is 6.46. The Labute approximate surface area is 228 Å². The molecule has 3 aromatic carbocycles. The number of benzene rings is 3. The van der Waals surface area contributed by atoms with Gasteiger partial charge in [0.15, 0.2) is 0 Å². The van der Waals surface area contributed by atoms with Gasteiger partial charge in [-0.2, -0.15) is 5.10 Å². The van der Waals surface area contributed by atoms with Crippen molar-refractivity contribution in [2.24, 2.45) is 0 Å². The fourth-order valence-corrected chi connectivity index (χ4v) is 4.42. The molecule has 5 rings (SSSR count). The minimum atomic E-state index is -1.00. The van der Waals surface area contributed by atoms with Crippen LogP contribution in [0.4, 0.5) is 5.69 Å². The van der Waals surface area contributed by atoms with Crippen LogP contribution < -0.4 is 20.7 Å². The Hall–Kier alpha value is -5.45. The molecule has 0 bridgehead atoms. The molecule has 0 unspecified atom stereocenters. The Bertz CT molecular complexity index is 1770. The number of aromatic nitrogens is 4. The molecule has 0 atom stereocenters. The molecule has 0 N–H and O–H groups in total. The summed E-state index contributed by atoms with van der Waals surface area (Å²) >= 11 is 0. The van der Waals surface area contributed by atoms with E-state index < -0.39 is 21.9 Å². The quantitative estimate of drug-likeness (QED) is 0.206. The Morgan fingerprint density at radius 3 is 1.88 bits per heavy atom. The lowest BCUT2D eigenvalue weighted by Crippen LogP contribution is -2.42. The van der Waals surface area contributed by atoms with Gasteiger partial charge >= 0.3 is 16.9 Å². The lowest BCUT2D eigenvalue weighted by molar-refractivity contribution is -0.386. The van der Waals surface area contributed by atoms with Crippen LogP contribution in [0, 0.1) is 10.1 Å². The molecule has 0 aliphatic rings. The van der Waals surface area contributed by atoms with Crippen LogP contribution in [0.3, 0.4) is 0 Å². The number of hydrogen-bond donors (Lipinski definition) is 0. The van der Waals surface area contributed by atoms with E-state index in [0.29, 0.717) is 28.3 Å². The summed E-state index contributed by atoms with van der Waals surface area (Å²) in [6.07, 6.45) is 2.97. The van der Waals surface area contributed by atoms with E-state index in [4.69, 9.17) is 9.47 Å². The van der Waals surface area contributed by atoms with Gasteiger partial charge in [0.05, 0.1) is 44.1 Å². The van der Waals surface area contributed by atoms with Gasteiger partial charge in [-0.15, -0.1) is 0 Å². The summed E-state index contributed by atoms with van der Waals surface area (Å²) < 4.78 is 14.1. The summed E-state index contributed by atoms with van der Waals surface area (Å²) in [6, 6.07) is 22.9. The summed E-state index contributed by atoms with van der Waals surface area (Å²) in [6.45, 7) is -0.187. The Morgan fingerprint density at radius 2 is 1.35 bits per heavy atom. The molecule has 0 spiro atoms. The predicted molar refractivity (Wildman–Crippen MR) is 148 cm³/mol. The maximum atomic E-state index is 13.9. The summed E-state index contributed by atoms with van der Waals surface area (Å²) in [5.74, 6) is 1.22. The van der Waals surface area contributed by atoms with E-state index in [2.05, 4.69) is 5.10 Å². The van der Waals surface area contributed by atoms with Gasteiger partial charge in [0, 0.05) is 11.8 Å². The predicted octanol–water partition coefficient (Wildman–Crippen LogP) is 3.88. The Kier molecular flexibility index (Phi) is 7.27. The van der Waals surface area contributed by atoms with Gasteiger partial charge in [-0.05, 0) is 47.5 Å². The minimum absolute atomic E-state index is 0.0294. The Morgan fingerprint density at radius 1 is 0.800 bits per heavy atom. The highest BCUT2D eigenvalue weighted by Crippen LogP contribution is 2.27. The monoisotopic (exact) mass is 539 g/mol. The maximum absolute atomic E-state index is 13.9. The van der Waals surface area contributed by atoms with Crippen LogP contribution in [-0.2, 0) is 13.1 Å². The summed E-state index contributed by atoms with van der Waals surface area (Å²) in [7, 11) is 3.07. The lowest BCUT2D eigenvalue weighted by atomic mass is 10.1. The van der Waals surface area contributed by atoms with Gasteiger partial charge in [0.2, 0.25) is 0 Å².